The normalized spacial score (nSPS) is 12.5. The van der Waals surface area contributed by atoms with E-state index in [2.05, 4.69) is 10.1 Å². The maximum Gasteiger partial charge on any atom is 0.137 e. The molecule has 0 radical (unpaired) electrons. The SMILES string of the molecule is COc1cncc(C(N)c2cnn(C)c2C)c1. The molecule has 2 aromatic rings. The Bertz CT molecular complexity index is 521. The van der Waals surface area contributed by atoms with Crippen molar-refractivity contribution < 1.29 is 4.74 Å². The molecule has 1 atom stereocenters. The fourth-order valence-corrected chi connectivity index (χ4v) is 1.72. The number of pyridine rings is 1. The monoisotopic (exact) mass is 232 g/mol. The van der Waals surface area contributed by atoms with Gasteiger partial charge in [-0.25, -0.2) is 0 Å². The summed E-state index contributed by atoms with van der Waals surface area (Å²) in [6.07, 6.45) is 5.20. The minimum Gasteiger partial charge on any atom is -0.495 e. The van der Waals surface area contributed by atoms with Crippen LogP contribution in [0.4, 0.5) is 0 Å². The van der Waals surface area contributed by atoms with Crippen molar-refractivity contribution in [3.05, 3.63) is 41.5 Å². The molecule has 0 bridgehead atoms. The molecule has 2 rings (SSSR count). The topological polar surface area (TPSA) is 66.0 Å². The van der Waals surface area contributed by atoms with Crippen LogP contribution >= 0.6 is 0 Å². The molecule has 5 nitrogen and oxygen atoms in total. The smallest absolute Gasteiger partial charge is 0.137 e. The molecular weight excluding hydrogens is 216 g/mol. The predicted octanol–water partition coefficient (Wildman–Crippen LogP) is 1.18. The van der Waals surface area contributed by atoms with Crippen LogP contribution in [0.25, 0.3) is 0 Å². The van der Waals surface area contributed by atoms with Crippen LogP contribution in [-0.4, -0.2) is 21.9 Å². The van der Waals surface area contributed by atoms with E-state index in [1.54, 1.807) is 25.7 Å². The van der Waals surface area contributed by atoms with Gasteiger partial charge in [-0.1, -0.05) is 0 Å². The summed E-state index contributed by atoms with van der Waals surface area (Å²) in [5.41, 5.74) is 9.18. The molecule has 0 aliphatic heterocycles. The van der Waals surface area contributed by atoms with Crippen LogP contribution < -0.4 is 10.5 Å². The molecule has 2 heterocycles. The molecule has 1 unspecified atom stereocenters. The number of hydrogen-bond acceptors (Lipinski definition) is 4. The van der Waals surface area contributed by atoms with E-state index < -0.39 is 0 Å². The third-order valence-corrected chi connectivity index (χ3v) is 2.94. The first-order valence-corrected chi connectivity index (χ1v) is 5.36. The Morgan fingerprint density at radius 2 is 2.12 bits per heavy atom. The third-order valence-electron chi connectivity index (χ3n) is 2.94. The number of aromatic nitrogens is 3. The van der Waals surface area contributed by atoms with Gasteiger partial charge in [-0.15, -0.1) is 0 Å². The van der Waals surface area contributed by atoms with Gasteiger partial charge in [0.15, 0.2) is 0 Å². The van der Waals surface area contributed by atoms with Gasteiger partial charge < -0.3 is 10.5 Å². The van der Waals surface area contributed by atoms with E-state index in [1.165, 1.54) is 0 Å². The Balaban J connectivity index is 2.36. The van der Waals surface area contributed by atoms with E-state index in [1.807, 2.05) is 24.7 Å². The Labute approximate surface area is 100 Å². The van der Waals surface area contributed by atoms with Gasteiger partial charge in [-0.05, 0) is 18.6 Å². The number of methoxy groups -OCH3 is 1. The Kier molecular flexibility index (Phi) is 3.10. The van der Waals surface area contributed by atoms with Crippen molar-refractivity contribution in [2.24, 2.45) is 12.8 Å². The molecule has 0 aliphatic carbocycles. The van der Waals surface area contributed by atoms with Crippen LogP contribution in [0.2, 0.25) is 0 Å². The number of nitrogens with zero attached hydrogens (tertiary/aromatic N) is 3. The molecule has 0 aliphatic rings. The second-order valence-electron chi connectivity index (χ2n) is 3.94. The summed E-state index contributed by atoms with van der Waals surface area (Å²) in [6.45, 7) is 2.00. The maximum absolute atomic E-state index is 6.21. The number of nitrogens with two attached hydrogens (primary N) is 1. The zero-order valence-electron chi connectivity index (χ0n) is 10.2. The van der Waals surface area contributed by atoms with Crippen LogP contribution in [0.1, 0.15) is 22.9 Å². The summed E-state index contributed by atoms with van der Waals surface area (Å²) < 4.78 is 6.95. The van der Waals surface area contributed by atoms with Crippen LogP contribution in [0, 0.1) is 6.92 Å². The summed E-state index contributed by atoms with van der Waals surface area (Å²) in [6, 6.07) is 1.66. The second kappa shape index (κ2) is 4.55. The molecule has 0 fully saturated rings. The number of rotatable bonds is 3. The van der Waals surface area contributed by atoms with Gasteiger partial charge in [0, 0.05) is 24.5 Å². The summed E-state index contributed by atoms with van der Waals surface area (Å²) in [4.78, 5) is 4.11. The van der Waals surface area contributed by atoms with Gasteiger partial charge in [0.25, 0.3) is 0 Å². The first kappa shape index (κ1) is 11.6. The largest absolute Gasteiger partial charge is 0.495 e. The van der Waals surface area contributed by atoms with Gasteiger partial charge in [-0.2, -0.15) is 5.10 Å². The first-order valence-electron chi connectivity index (χ1n) is 5.36. The van der Waals surface area contributed by atoms with E-state index in [9.17, 15) is 0 Å². The lowest BCUT2D eigenvalue weighted by molar-refractivity contribution is 0.412. The highest BCUT2D eigenvalue weighted by atomic mass is 16.5. The second-order valence-corrected chi connectivity index (χ2v) is 3.94. The lowest BCUT2D eigenvalue weighted by atomic mass is 10.0. The van der Waals surface area contributed by atoms with Crippen LogP contribution in [0.5, 0.6) is 5.75 Å². The van der Waals surface area contributed by atoms with Gasteiger partial charge in [0.1, 0.15) is 5.75 Å². The highest BCUT2D eigenvalue weighted by Gasteiger charge is 2.15. The fourth-order valence-electron chi connectivity index (χ4n) is 1.72. The molecule has 2 N–H and O–H groups in total. The lowest BCUT2D eigenvalue weighted by Gasteiger charge is -2.12. The standard InChI is InChI=1S/C12H16N4O/c1-8-11(7-15-16(8)2)12(13)9-4-10(17-3)6-14-5-9/h4-7,12H,13H2,1-3H3. The fraction of sp³-hybridized carbons (Fsp3) is 0.333. The van der Waals surface area contributed by atoms with E-state index in [-0.39, 0.29) is 6.04 Å². The van der Waals surface area contributed by atoms with Crippen molar-refractivity contribution in [3.8, 4) is 5.75 Å². The van der Waals surface area contributed by atoms with Gasteiger partial charge in [0.2, 0.25) is 0 Å². The lowest BCUT2D eigenvalue weighted by Crippen LogP contribution is -2.13. The molecule has 0 spiro atoms. The molecule has 0 saturated carbocycles. The first-order chi connectivity index (χ1) is 8.13. The predicted molar refractivity (Wildman–Crippen MR) is 64.8 cm³/mol. The van der Waals surface area contributed by atoms with Gasteiger partial charge >= 0.3 is 0 Å². The van der Waals surface area contributed by atoms with E-state index in [4.69, 9.17) is 10.5 Å². The summed E-state index contributed by atoms with van der Waals surface area (Å²) in [5, 5.41) is 4.19. The van der Waals surface area contributed by atoms with Crippen LogP contribution in [0.3, 0.4) is 0 Å². The average Bonchev–Trinajstić information content (AvgIpc) is 2.69. The average molecular weight is 232 g/mol. The van der Waals surface area contributed by atoms with E-state index >= 15 is 0 Å². The molecule has 0 amide bonds. The molecular formula is C12H16N4O. The minimum absolute atomic E-state index is 0.230. The molecule has 90 valence electrons. The Morgan fingerprint density at radius 3 is 2.71 bits per heavy atom. The number of aryl methyl sites for hydroxylation is 1. The number of hydrogen-bond donors (Lipinski definition) is 1. The maximum atomic E-state index is 6.21. The van der Waals surface area contributed by atoms with Crippen molar-refractivity contribution in [1.29, 1.82) is 0 Å². The van der Waals surface area contributed by atoms with Crippen molar-refractivity contribution >= 4 is 0 Å². The molecule has 5 heteroatoms. The summed E-state index contributed by atoms with van der Waals surface area (Å²) in [7, 11) is 3.51. The highest BCUT2D eigenvalue weighted by molar-refractivity contribution is 5.34. The zero-order chi connectivity index (χ0) is 12.4. The van der Waals surface area contributed by atoms with E-state index in [0.717, 1.165) is 16.8 Å². The quantitative estimate of drug-likeness (QED) is 0.863. The van der Waals surface area contributed by atoms with Gasteiger partial charge in [-0.3, -0.25) is 9.67 Å². The van der Waals surface area contributed by atoms with Crippen molar-refractivity contribution in [1.82, 2.24) is 14.8 Å². The van der Waals surface area contributed by atoms with Crippen LogP contribution in [0.15, 0.2) is 24.7 Å². The zero-order valence-corrected chi connectivity index (χ0v) is 10.2. The third kappa shape index (κ3) is 2.14. The molecule has 0 aromatic carbocycles. The highest BCUT2D eigenvalue weighted by Crippen LogP contribution is 2.23. The van der Waals surface area contributed by atoms with Crippen LogP contribution in [-0.2, 0) is 7.05 Å². The summed E-state index contributed by atoms with van der Waals surface area (Å²) in [5.74, 6) is 0.708. The summed E-state index contributed by atoms with van der Waals surface area (Å²) >= 11 is 0. The Hall–Kier alpha value is -1.88. The van der Waals surface area contributed by atoms with Gasteiger partial charge in [0.05, 0.1) is 25.5 Å². The van der Waals surface area contributed by atoms with Crippen molar-refractivity contribution in [2.75, 3.05) is 7.11 Å². The van der Waals surface area contributed by atoms with Crippen molar-refractivity contribution in [3.63, 3.8) is 0 Å². The molecule has 0 saturated heterocycles. The Morgan fingerprint density at radius 1 is 1.35 bits per heavy atom. The van der Waals surface area contributed by atoms with E-state index in [0.29, 0.717) is 5.75 Å². The minimum atomic E-state index is -0.230. The van der Waals surface area contributed by atoms with Crippen molar-refractivity contribution in [2.45, 2.75) is 13.0 Å². The molecule has 2 aromatic heterocycles. The molecule has 17 heavy (non-hydrogen) atoms. The number of ether oxygens (including phenoxy) is 1.